The van der Waals surface area contributed by atoms with E-state index >= 15 is 0 Å². The predicted octanol–water partition coefficient (Wildman–Crippen LogP) is 0.452. The SMILES string of the molecule is COC(C)(C)c1noc(CCN)n1. The fraction of sp³-hybridized carbons (Fsp3) is 0.750. The minimum absolute atomic E-state index is 0.504. The topological polar surface area (TPSA) is 74.2 Å². The number of nitrogens with two attached hydrogens (primary N) is 1. The van der Waals surface area contributed by atoms with Gasteiger partial charge in [0, 0.05) is 20.1 Å². The van der Waals surface area contributed by atoms with Crippen LogP contribution in [0, 0.1) is 0 Å². The van der Waals surface area contributed by atoms with E-state index in [4.69, 9.17) is 15.0 Å². The van der Waals surface area contributed by atoms with E-state index in [-0.39, 0.29) is 0 Å². The van der Waals surface area contributed by atoms with E-state index in [9.17, 15) is 0 Å². The second kappa shape index (κ2) is 3.85. The summed E-state index contributed by atoms with van der Waals surface area (Å²) in [6.45, 7) is 4.27. The molecule has 0 aliphatic heterocycles. The van der Waals surface area contributed by atoms with Crippen molar-refractivity contribution in [1.29, 1.82) is 0 Å². The van der Waals surface area contributed by atoms with Gasteiger partial charge in [-0.3, -0.25) is 0 Å². The monoisotopic (exact) mass is 185 g/mol. The molecule has 74 valence electrons. The zero-order chi connectivity index (χ0) is 9.90. The first-order valence-corrected chi connectivity index (χ1v) is 4.18. The molecule has 1 aromatic heterocycles. The Bertz CT molecular complexity index is 270. The lowest BCUT2D eigenvalue weighted by Gasteiger charge is -2.17. The highest BCUT2D eigenvalue weighted by molar-refractivity contribution is 4.97. The van der Waals surface area contributed by atoms with Crippen LogP contribution in [0.3, 0.4) is 0 Å². The van der Waals surface area contributed by atoms with Gasteiger partial charge in [0.15, 0.2) is 0 Å². The quantitative estimate of drug-likeness (QED) is 0.737. The molecule has 1 rings (SSSR count). The van der Waals surface area contributed by atoms with Crippen LogP contribution in [0.4, 0.5) is 0 Å². The summed E-state index contributed by atoms with van der Waals surface area (Å²) in [6.07, 6.45) is 0.604. The Balaban J connectivity index is 2.79. The van der Waals surface area contributed by atoms with Crippen molar-refractivity contribution in [1.82, 2.24) is 10.1 Å². The second-order valence-electron chi connectivity index (χ2n) is 3.26. The summed E-state index contributed by atoms with van der Waals surface area (Å²) in [6, 6.07) is 0. The van der Waals surface area contributed by atoms with Crippen molar-refractivity contribution in [3.63, 3.8) is 0 Å². The molecule has 0 saturated heterocycles. The molecule has 0 radical (unpaired) electrons. The smallest absolute Gasteiger partial charge is 0.228 e. The maximum atomic E-state index is 5.35. The molecule has 0 aliphatic carbocycles. The van der Waals surface area contributed by atoms with E-state index < -0.39 is 5.60 Å². The fourth-order valence-electron chi connectivity index (χ4n) is 0.816. The highest BCUT2D eigenvalue weighted by Gasteiger charge is 2.25. The Morgan fingerprint density at radius 2 is 2.23 bits per heavy atom. The van der Waals surface area contributed by atoms with Gasteiger partial charge in [-0.15, -0.1) is 0 Å². The van der Waals surface area contributed by atoms with Crippen LogP contribution in [0.5, 0.6) is 0 Å². The van der Waals surface area contributed by atoms with Crippen molar-refractivity contribution in [2.24, 2.45) is 5.73 Å². The number of hydrogen-bond donors (Lipinski definition) is 1. The lowest BCUT2D eigenvalue weighted by atomic mass is 10.1. The third kappa shape index (κ3) is 2.26. The average molecular weight is 185 g/mol. The normalized spacial score (nSPS) is 12.0. The molecule has 0 amide bonds. The molecule has 0 bridgehead atoms. The molecule has 0 aromatic carbocycles. The first-order valence-electron chi connectivity index (χ1n) is 4.18. The van der Waals surface area contributed by atoms with Crippen LogP contribution >= 0.6 is 0 Å². The van der Waals surface area contributed by atoms with Crippen molar-refractivity contribution in [3.05, 3.63) is 11.7 Å². The van der Waals surface area contributed by atoms with Crippen LogP contribution in [0.2, 0.25) is 0 Å². The fourth-order valence-corrected chi connectivity index (χ4v) is 0.816. The Morgan fingerprint density at radius 1 is 1.54 bits per heavy atom. The number of nitrogens with zero attached hydrogens (tertiary/aromatic N) is 2. The lowest BCUT2D eigenvalue weighted by molar-refractivity contribution is 0.00973. The number of ether oxygens (including phenoxy) is 1. The maximum absolute atomic E-state index is 5.35. The molecule has 0 atom stereocenters. The van der Waals surface area contributed by atoms with Crippen LogP contribution in [0.25, 0.3) is 0 Å². The molecule has 1 heterocycles. The Hall–Kier alpha value is -0.940. The zero-order valence-corrected chi connectivity index (χ0v) is 8.20. The number of methoxy groups -OCH3 is 1. The van der Waals surface area contributed by atoms with E-state index in [1.807, 2.05) is 13.8 Å². The molecular formula is C8H15N3O2. The molecule has 1 aromatic rings. The first kappa shape index (κ1) is 10.1. The summed E-state index contributed by atoms with van der Waals surface area (Å²) in [5, 5.41) is 3.81. The lowest BCUT2D eigenvalue weighted by Crippen LogP contribution is -2.21. The summed E-state index contributed by atoms with van der Waals surface area (Å²) in [4.78, 5) is 4.16. The Morgan fingerprint density at radius 3 is 2.77 bits per heavy atom. The molecule has 0 saturated carbocycles. The molecule has 0 unspecified atom stereocenters. The molecular weight excluding hydrogens is 170 g/mol. The van der Waals surface area contributed by atoms with Crippen LogP contribution in [0.15, 0.2) is 4.52 Å². The van der Waals surface area contributed by atoms with Gasteiger partial charge < -0.3 is 15.0 Å². The van der Waals surface area contributed by atoms with Crippen LogP contribution in [-0.4, -0.2) is 23.8 Å². The van der Waals surface area contributed by atoms with Gasteiger partial charge in [-0.05, 0) is 13.8 Å². The zero-order valence-electron chi connectivity index (χ0n) is 8.20. The van der Waals surface area contributed by atoms with Gasteiger partial charge >= 0.3 is 0 Å². The van der Waals surface area contributed by atoms with E-state index in [2.05, 4.69) is 10.1 Å². The largest absolute Gasteiger partial charge is 0.371 e. The maximum Gasteiger partial charge on any atom is 0.228 e. The summed E-state index contributed by atoms with van der Waals surface area (Å²) < 4.78 is 10.2. The Labute approximate surface area is 77.3 Å². The molecule has 2 N–H and O–H groups in total. The molecule has 13 heavy (non-hydrogen) atoms. The van der Waals surface area contributed by atoms with Gasteiger partial charge in [-0.1, -0.05) is 5.16 Å². The van der Waals surface area contributed by atoms with E-state index in [1.165, 1.54) is 0 Å². The summed E-state index contributed by atoms with van der Waals surface area (Å²) in [7, 11) is 1.61. The van der Waals surface area contributed by atoms with Gasteiger partial charge in [0.1, 0.15) is 5.60 Å². The van der Waals surface area contributed by atoms with Crippen LogP contribution in [0.1, 0.15) is 25.6 Å². The minimum atomic E-state index is -0.504. The summed E-state index contributed by atoms with van der Waals surface area (Å²) in [5.74, 6) is 1.11. The molecule has 0 aliphatic rings. The number of aromatic nitrogens is 2. The summed E-state index contributed by atoms with van der Waals surface area (Å²) in [5.41, 5.74) is 4.85. The van der Waals surface area contributed by atoms with Crippen LogP contribution < -0.4 is 5.73 Å². The van der Waals surface area contributed by atoms with Crippen molar-refractivity contribution in [2.75, 3.05) is 13.7 Å². The number of rotatable bonds is 4. The van der Waals surface area contributed by atoms with E-state index in [0.717, 1.165) is 0 Å². The predicted molar refractivity (Wildman–Crippen MR) is 47.1 cm³/mol. The molecule has 0 spiro atoms. The van der Waals surface area contributed by atoms with Crippen LogP contribution in [-0.2, 0) is 16.8 Å². The van der Waals surface area contributed by atoms with Crippen molar-refractivity contribution >= 4 is 0 Å². The molecule has 5 heteroatoms. The average Bonchev–Trinajstić information content (AvgIpc) is 2.54. The third-order valence-electron chi connectivity index (χ3n) is 1.88. The first-order chi connectivity index (χ1) is 6.10. The van der Waals surface area contributed by atoms with Gasteiger partial charge in [0.05, 0.1) is 0 Å². The highest BCUT2D eigenvalue weighted by atomic mass is 16.5. The highest BCUT2D eigenvalue weighted by Crippen LogP contribution is 2.20. The minimum Gasteiger partial charge on any atom is -0.371 e. The summed E-state index contributed by atoms with van der Waals surface area (Å²) >= 11 is 0. The third-order valence-corrected chi connectivity index (χ3v) is 1.88. The van der Waals surface area contributed by atoms with E-state index in [1.54, 1.807) is 7.11 Å². The van der Waals surface area contributed by atoms with Crippen molar-refractivity contribution in [2.45, 2.75) is 25.9 Å². The van der Waals surface area contributed by atoms with E-state index in [0.29, 0.717) is 24.7 Å². The second-order valence-corrected chi connectivity index (χ2v) is 3.26. The number of hydrogen-bond acceptors (Lipinski definition) is 5. The van der Waals surface area contributed by atoms with Gasteiger partial charge in [0.2, 0.25) is 11.7 Å². The van der Waals surface area contributed by atoms with Gasteiger partial charge in [-0.25, -0.2) is 0 Å². The van der Waals surface area contributed by atoms with Gasteiger partial charge in [0.25, 0.3) is 0 Å². The van der Waals surface area contributed by atoms with Crippen molar-refractivity contribution < 1.29 is 9.26 Å². The molecule has 0 fully saturated rings. The van der Waals surface area contributed by atoms with Crippen molar-refractivity contribution in [3.8, 4) is 0 Å². The standard InChI is InChI=1S/C8H15N3O2/c1-8(2,12-3)7-10-6(4-5-9)13-11-7/h4-5,9H2,1-3H3. The van der Waals surface area contributed by atoms with Gasteiger partial charge in [-0.2, -0.15) is 4.98 Å². The Kier molecular flexibility index (Phi) is 3.00. The molecule has 5 nitrogen and oxygen atoms in total.